The van der Waals surface area contributed by atoms with E-state index in [4.69, 9.17) is 30.6 Å². The van der Waals surface area contributed by atoms with Crippen LogP contribution in [0.3, 0.4) is 0 Å². The first-order chi connectivity index (χ1) is 8.59. The zero-order chi connectivity index (χ0) is 15.3. The summed E-state index contributed by atoms with van der Waals surface area (Å²) < 4.78 is 3.69. The van der Waals surface area contributed by atoms with E-state index in [0.717, 1.165) is 0 Å². The summed E-state index contributed by atoms with van der Waals surface area (Å²) in [5.41, 5.74) is 0. The van der Waals surface area contributed by atoms with E-state index in [1.54, 1.807) is 0 Å². The van der Waals surface area contributed by atoms with Gasteiger partial charge in [-0.2, -0.15) is 0 Å². The van der Waals surface area contributed by atoms with Gasteiger partial charge in [-0.1, -0.05) is 0 Å². The molecule has 0 spiro atoms. The molecule has 0 amide bonds. The normalized spacial score (nSPS) is 10.3. The summed E-state index contributed by atoms with van der Waals surface area (Å²) in [6, 6.07) is 0. The SMILES string of the molecule is O.O.O.O.O.O.O.O.O=C(O)C(O)C(O)C(=O)OC(=O)C(O)C(O)C(=O)O.[KH].[KH].[NaH].[NaH]. The second kappa shape index (κ2) is 43.0. The zero-order valence-corrected chi connectivity index (χ0v) is 13.0. The third kappa shape index (κ3) is 32.9. The van der Waals surface area contributed by atoms with Crippen molar-refractivity contribution in [1.82, 2.24) is 0 Å². The molecule has 0 aliphatic carbocycles. The van der Waals surface area contributed by atoms with Crippen molar-refractivity contribution in [3.05, 3.63) is 0 Å². The van der Waals surface area contributed by atoms with Crippen LogP contribution in [0.1, 0.15) is 0 Å². The number of hydrogen-bond donors (Lipinski definition) is 6. The van der Waals surface area contributed by atoms with Gasteiger partial charge in [-0.15, -0.1) is 0 Å². The molecule has 4 atom stereocenters. The van der Waals surface area contributed by atoms with Gasteiger partial charge in [0.05, 0.1) is 0 Å². The molecular weight excluding hydrogens is 524 g/mol. The predicted molar refractivity (Wildman–Crippen MR) is 108 cm³/mol. The summed E-state index contributed by atoms with van der Waals surface area (Å²) >= 11 is 0. The second-order valence-corrected chi connectivity index (χ2v) is 3.20. The van der Waals surface area contributed by atoms with Gasteiger partial charge in [-0.25, -0.2) is 19.2 Å². The minimum atomic E-state index is -2.63. The van der Waals surface area contributed by atoms with Crippen LogP contribution in [-0.4, -0.2) is 285 Å². The Morgan fingerprint density at radius 1 is 0.484 bits per heavy atom. The fourth-order valence-corrected chi connectivity index (χ4v) is 0.748. The molecule has 31 heavy (non-hydrogen) atoms. The molecule has 0 fully saturated rings. The molecule has 180 valence electrons. The molecule has 0 aliphatic rings. The van der Waals surface area contributed by atoms with Gasteiger partial charge in [0.25, 0.3) is 0 Å². The Morgan fingerprint density at radius 3 is 0.774 bits per heavy atom. The van der Waals surface area contributed by atoms with Gasteiger partial charge >= 0.3 is 186 Å². The number of hydrogen-bond acceptors (Lipinski definition) is 9. The summed E-state index contributed by atoms with van der Waals surface area (Å²) in [5.74, 6) is -7.83. The molecule has 0 aromatic carbocycles. The number of carboxylic acid groups (broad SMARTS) is 2. The van der Waals surface area contributed by atoms with Gasteiger partial charge in [0, 0.05) is 0 Å². The molecular formula is C8H30K2Na2O19. The number of carboxylic acids is 2. The van der Waals surface area contributed by atoms with Gasteiger partial charge in [0.2, 0.25) is 0 Å². The second-order valence-electron chi connectivity index (χ2n) is 3.20. The van der Waals surface area contributed by atoms with E-state index in [-0.39, 0.29) is 206 Å². The van der Waals surface area contributed by atoms with Crippen LogP contribution in [0.15, 0.2) is 0 Å². The molecule has 0 aromatic heterocycles. The number of carbonyl (C=O) groups excluding carboxylic acids is 2. The molecule has 0 aromatic rings. The molecule has 0 heterocycles. The summed E-state index contributed by atoms with van der Waals surface area (Å²) in [4.78, 5) is 42.3. The van der Waals surface area contributed by atoms with Crippen molar-refractivity contribution in [2.24, 2.45) is 0 Å². The van der Waals surface area contributed by atoms with E-state index in [1.807, 2.05) is 0 Å². The van der Waals surface area contributed by atoms with E-state index < -0.39 is 48.3 Å². The van der Waals surface area contributed by atoms with Crippen molar-refractivity contribution < 1.29 is 98.4 Å². The van der Waals surface area contributed by atoms with E-state index >= 15 is 0 Å². The summed E-state index contributed by atoms with van der Waals surface area (Å²) in [7, 11) is 0. The van der Waals surface area contributed by atoms with Crippen molar-refractivity contribution in [3.63, 3.8) is 0 Å². The maximum absolute atomic E-state index is 10.9. The average Bonchev–Trinajstić information content (AvgIpc) is 2.34. The van der Waals surface area contributed by atoms with E-state index in [9.17, 15) is 19.2 Å². The number of esters is 2. The van der Waals surface area contributed by atoms with Crippen LogP contribution >= 0.6 is 0 Å². The Kier molecular flexibility index (Phi) is 116. The van der Waals surface area contributed by atoms with Gasteiger partial charge < -0.3 is 79.2 Å². The third-order valence-electron chi connectivity index (χ3n) is 1.79. The van der Waals surface area contributed by atoms with Crippen molar-refractivity contribution in [3.8, 4) is 0 Å². The molecule has 0 aliphatic heterocycles. The fourth-order valence-electron chi connectivity index (χ4n) is 0.748. The molecule has 19 nitrogen and oxygen atoms in total. The Balaban J connectivity index is -0.0000000245. The van der Waals surface area contributed by atoms with Crippen LogP contribution in [0.25, 0.3) is 0 Å². The number of ether oxygens (including phenoxy) is 1. The Bertz CT molecular complexity index is 378. The fraction of sp³-hybridized carbons (Fsp3) is 0.500. The average molecular weight is 554 g/mol. The van der Waals surface area contributed by atoms with Crippen molar-refractivity contribution in [2.45, 2.75) is 24.4 Å². The summed E-state index contributed by atoms with van der Waals surface area (Å²) in [6.45, 7) is 0. The minimum absolute atomic E-state index is 0. The Labute approximate surface area is 302 Å². The molecule has 0 radical (unpaired) electrons. The van der Waals surface area contributed by atoms with Crippen LogP contribution in [0.5, 0.6) is 0 Å². The molecule has 23 heteroatoms. The van der Waals surface area contributed by atoms with Crippen molar-refractivity contribution in [1.29, 1.82) is 0 Å². The van der Waals surface area contributed by atoms with Gasteiger partial charge in [-0.05, 0) is 0 Å². The maximum atomic E-state index is 10.9. The van der Waals surface area contributed by atoms with Crippen LogP contribution in [-0.2, 0) is 23.9 Å². The standard InChI is InChI=1S/C8H10O11.2K.2Na.8H2O.4H/c9-1(5(13)14)3(11)7(17)19-8(18)4(12)2(10)6(15)16;;;;;;;;;;;;;;;;/h1-4,9-12H,(H,13,14)(H,15,16);;;;;8*1H2;;;;. The summed E-state index contributed by atoms with van der Waals surface area (Å²) in [6.07, 6.45) is -10.4. The number of carbonyl (C=O) groups is 4. The van der Waals surface area contributed by atoms with E-state index in [2.05, 4.69) is 4.74 Å². The molecule has 22 N–H and O–H groups in total. The predicted octanol–water partition coefficient (Wildman–Crippen LogP) is -13.5. The number of aliphatic carboxylic acids is 2. The van der Waals surface area contributed by atoms with Gasteiger partial charge in [0.15, 0.2) is 24.4 Å². The molecule has 0 bridgehead atoms. The van der Waals surface area contributed by atoms with Crippen LogP contribution in [0.2, 0.25) is 0 Å². The van der Waals surface area contributed by atoms with Gasteiger partial charge in [0.1, 0.15) is 0 Å². The van der Waals surface area contributed by atoms with Gasteiger partial charge in [-0.3, -0.25) is 0 Å². The first kappa shape index (κ1) is 84.0. The first-order valence-corrected chi connectivity index (χ1v) is 4.53. The van der Waals surface area contributed by atoms with Crippen LogP contribution in [0, 0.1) is 0 Å². The topological polar surface area (TPSA) is 451 Å². The first-order valence-electron chi connectivity index (χ1n) is 4.53. The van der Waals surface area contributed by atoms with Crippen molar-refractivity contribution >= 4 is 186 Å². The monoisotopic (exact) mass is 554 g/mol. The Morgan fingerprint density at radius 2 is 0.645 bits per heavy atom. The summed E-state index contributed by atoms with van der Waals surface area (Å²) in [5, 5.41) is 51.8. The molecule has 0 saturated heterocycles. The molecule has 4 unspecified atom stereocenters. The molecule has 0 rings (SSSR count). The quantitative estimate of drug-likeness (QED) is 0.102. The van der Waals surface area contributed by atoms with E-state index in [1.165, 1.54) is 0 Å². The Hall–Kier alpha value is 2.87. The number of aliphatic hydroxyl groups excluding tert-OH is 4. The molecule has 0 saturated carbocycles. The third-order valence-corrected chi connectivity index (χ3v) is 1.79. The van der Waals surface area contributed by atoms with Crippen LogP contribution in [0.4, 0.5) is 0 Å². The van der Waals surface area contributed by atoms with Crippen LogP contribution < -0.4 is 0 Å². The number of aliphatic hydroxyl groups is 4. The van der Waals surface area contributed by atoms with E-state index in [0.29, 0.717) is 0 Å². The zero-order valence-electron chi connectivity index (χ0n) is 13.0. The van der Waals surface area contributed by atoms with Crippen molar-refractivity contribution in [2.75, 3.05) is 0 Å². The number of rotatable bonds is 6.